The number of carbonyl (C=O) groups is 5. The lowest BCUT2D eigenvalue weighted by Gasteiger charge is -2.22. The Hall–Kier alpha value is -3.29. The maximum Gasteiger partial charge on any atom is 0.407 e. The van der Waals surface area contributed by atoms with Crippen molar-refractivity contribution in [2.24, 2.45) is 5.73 Å². The first-order chi connectivity index (χ1) is 19.2. The lowest BCUT2D eigenvalue weighted by atomic mass is 10.1. The van der Waals surface area contributed by atoms with Crippen molar-refractivity contribution in [3.63, 3.8) is 0 Å². The zero-order valence-electron chi connectivity index (χ0n) is 26.9. The third-order valence-electron chi connectivity index (χ3n) is 4.99. The molecular formula is C28H54N6O8. The molecule has 0 aliphatic carbocycles. The molecule has 0 aromatic carbocycles. The number of hydrogen-bond donors (Lipinski definition) is 6. The van der Waals surface area contributed by atoms with Gasteiger partial charge >= 0.3 is 18.3 Å². The molecule has 0 saturated carbocycles. The molecule has 0 aliphatic rings. The lowest BCUT2D eigenvalue weighted by Crippen LogP contribution is -2.47. The predicted octanol–water partition coefficient (Wildman–Crippen LogP) is 2.44. The van der Waals surface area contributed by atoms with Crippen LogP contribution in [0.15, 0.2) is 0 Å². The average molecular weight is 603 g/mol. The molecule has 0 aromatic rings. The molecular weight excluding hydrogens is 548 g/mol. The van der Waals surface area contributed by atoms with Crippen LogP contribution in [0.4, 0.5) is 14.4 Å². The summed E-state index contributed by atoms with van der Waals surface area (Å²) in [6, 6.07) is -1.41. The molecule has 5 amide bonds. The molecule has 0 unspecified atom stereocenters. The minimum atomic E-state index is -0.853. The monoisotopic (exact) mass is 602 g/mol. The molecule has 2 atom stereocenters. The summed E-state index contributed by atoms with van der Waals surface area (Å²) in [4.78, 5) is 60.7. The van der Waals surface area contributed by atoms with Gasteiger partial charge in [0.15, 0.2) is 0 Å². The first-order valence-electron chi connectivity index (χ1n) is 14.4. The highest BCUT2D eigenvalue weighted by atomic mass is 16.6. The summed E-state index contributed by atoms with van der Waals surface area (Å²) in [6.07, 6.45) is -0.120. The molecule has 0 fully saturated rings. The average Bonchev–Trinajstić information content (AvgIpc) is 2.78. The van der Waals surface area contributed by atoms with Crippen molar-refractivity contribution in [1.29, 1.82) is 0 Å². The summed E-state index contributed by atoms with van der Waals surface area (Å²) in [5.74, 6) is -0.765. The SMILES string of the molecule is CC(C)(C)OC(=O)NCCC[C@@H](CC(=O)NCCNC(=O)OC(C)(C)C)NC(=O)[C@@H](N)CCCNC(=O)OC(C)(C)C. The first kappa shape index (κ1) is 38.7. The number of hydrogen-bond acceptors (Lipinski definition) is 9. The number of ether oxygens (including phenoxy) is 3. The van der Waals surface area contributed by atoms with Crippen molar-refractivity contribution in [3.05, 3.63) is 0 Å². The Morgan fingerprint density at radius 3 is 1.40 bits per heavy atom. The number of nitrogens with two attached hydrogens (primary N) is 1. The third kappa shape index (κ3) is 23.4. The highest BCUT2D eigenvalue weighted by molar-refractivity contribution is 5.83. The van der Waals surface area contributed by atoms with Gasteiger partial charge < -0.3 is 46.5 Å². The van der Waals surface area contributed by atoms with E-state index in [9.17, 15) is 24.0 Å². The Morgan fingerprint density at radius 1 is 0.595 bits per heavy atom. The first-order valence-corrected chi connectivity index (χ1v) is 14.4. The molecule has 14 heteroatoms. The van der Waals surface area contributed by atoms with E-state index in [-0.39, 0.29) is 38.5 Å². The molecule has 0 spiro atoms. The van der Waals surface area contributed by atoms with E-state index in [1.165, 1.54) is 0 Å². The van der Waals surface area contributed by atoms with Gasteiger partial charge in [0.2, 0.25) is 11.8 Å². The van der Waals surface area contributed by atoms with E-state index in [1.54, 1.807) is 62.3 Å². The van der Waals surface area contributed by atoms with Crippen molar-refractivity contribution >= 4 is 30.1 Å². The summed E-state index contributed by atoms with van der Waals surface area (Å²) in [6.45, 7) is 16.7. The topological polar surface area (TPSA) is 199 Å². The van der Waals surface area contributed by atoms with Crippen LogP contribution < -0.4 is 32.3 Å². The minimum Gasteiger partial charge on any atom is -0.444 e. The normalized spacial score (nSPS) is 13.2. The predicted molar refractivity (Wildman–Crippen MR) is 159 cm³/mol. The van der Waals surface area contributed by atoms with E-state index in [0.29, 0.717) is 25.7 Å². The number of amides is 5. The molecule has 0 aromatic heterocycles. The summed E-state index contributed by atoms with van der Waals surface area (Å²) >= 11 is 0. The second kappa shape index (κ2) is 18.3. The van der Waals surface area contributed by atoms with E-state index < -0.39 is 53.1 Å². The van der Waals surface area contributed by atoms with E-state index in [0.717, 1.165) is 0 Å². The largest absolute Gasteiger partial charge is 0.444 e. The van der Waals surface area contributed by atoms with E-state index in [4.69, 9.17) is 19.9 Å². The Kier molecular flexibility index (Phi) is 16.9. The van der Waals surface area contributed by atoms with Crippen molar-refractivity contribution in [2.45, 2.75) is 123 Å². The second-order valence-electron chi connectivity index (χ2n) is 12.9. The zero-order chi connectivity index (χ0) is 32.6. The van der Waals surface area contributed by atoms with Crippen LogP contribution in [-0.2, 0) is 23.8 Å². The standard InChI is InChI=1S/C28H54N6O8/c1-26(2,3)40-23(37)31-14-10-12-19(18-21(35)30-16-17-33-25(39)42-28(7,8)9)34-22(36)20(29)13-11-15-32-24(38)41-27(4,5)6/h19-20H,10-18,29H2,1-9H3,(H,30,35)(H,31,37)(H,32,38)(H,33,39)(H,34,36)/t19-,20-/m0/s1. The maximum atomic E-state index is 12.8. The van der Waals surface area contributed by atoms with Gasteiger partial charge in [-0.2, -0.15) is 0 Å². The van der Waals surface area contributed by atoms with E-state index in [2.05, 4.69) is 26.6 Å². The molecule has 42 heavy (non-hydrogen) atoms. The highest BCUT2D eigenvalue weighted by Gasteiger charge is 2.22. The highest BCUT2D eigenvalue weighted by Crippen LogP contribution is 2.09. The van der Waals surface area contributed by atoms with Gasteiger partial charge in [0, 0.05) is 38.6 Å². The summed E-state index contributed by atoms with van der Waals surface area (Å²) in [7, 11) is 0. The van der Waals surface area contributed by atoms with Crippen LogP contribution in [0, 0.1) is 0 Å². The van der Waals surface area contributed by atoms with Crippen LogP contribution in [0.3, 0.4) is 0 Å². The minimum absolute atomic E-state index is 0.0302. The molecule has 0 radical (unpaired) electrons. The fourth-order valence-electron chi connectivity index (χ4n) is 3.32. The maximum absolute atomic E-state index is 12.8. The number of carbonyl (C=O) groups excluding carboxylic acids is 5. The van der Waals surface area contributed by atoms with Gasteiger partial charge in [0.1, 0.15) is 16.8 Å². The molecule has 244 valence electrons. The lowest BCUT2D eigenvalue weighted by molar-refractivity contribution is -0.124. The van der Waals surface area contributed by atoms with Gasteiger partial charge in [-0.1, -0.05) is 0 Å². The molecule has 0 bridgehead atoms. The summed E-state index contributed by atoms with van der Waals surface area (Å²) in [5.41, 5.74) is 4.18. The van der Waals surface area contributed by atoms with Crippen LogP contribution in [0.2, 0.25) is 0 Å². The van der Waals surface area contributed by atoms with Crippen LogP contribution in [-0.4, -0.2) is 85.2 Å². The molecule has 7 N–H and O–H groups in total. The Bertz CT molecular complexity index is 877. The Labute approximate surface area is 250 Å². The van der Waals surface area contributed by atoms with Crippen molar-refractivity contribution in [1.82, 2.24) is 26.6 Å². The Balaban J connectivity index is 4.81. The van der Waals surface area contributed by atoms with E-state index >= 15 is 0 Å². The van der Waals surface area contributed by atoms with E-state index in [1.807, 2.05) is 0 Å². The van der Waals surface area contributed by atoms with Gasteiger partial charge in [0.05, 0.1) is 6.04 Å². The summed E-state index contributed by atoms with van der Waals surface area (Å²) < 4.78 is 15.5. The fourth-order valence-corrected chi connectivity index (χ4v) is 3.32. The van der Waals surface area contributed by atoms with Crippen molar-refractivity contribution in [2.75, 3.05) is 26.2 Å². The third-order valence-corrected chi connectivity index (χ3v) is 4.99. The smallest absolute Gasteiger partial charge is 0.407 e. The Morgan fingerprint density at radius 2 is 0.976 bits per heavy atom. The molecule has 0 heterocycles. The second-order valence-corrected chi connectivity index (χ2v) is 12.9. The van der Waals surface area contributed by atoms with Gasteiger partial charge in [-0.3, -0.25) is 9.59 Å². The quantitative estimate of drug-likeness (QED) is 0.120. The number of nitrogens with one attached hydrogen (secondary N) is 5. The number of alkyl carbamates (subject to hydrolysis) is 3. The molecule has 0 saturated heterocycles. The zero-order valence-corrected chi connectivity index (χ0v) is 26.9. The van der Waals surface area contributed by atoms with Crippen molar-refractivity contribution in [3.8, 4) is 0 Å². The van der Waals surface area contributed by atoms with Gasteiger partial charge in [-0.25, -0.2) is 14.4 Å². The molecule has 14 nitrogen and oxygen atoms in total. The summed E-state index contributed by atoms with van der Waals surface area (Å²) in [5, 5.41) is 13.4. The number of rotatable bonds is 15. The molecule has 0 rings (SSSR count). The molecule has 0 aliphatic heterocycles. The fraction of sp³-hybridized carbons (Fsp3) is 0.821. The van der Waals surface area contributed by atoms with Crippen LogP contribution in [0.5, 0.6) is 0 Å². The van der Waals surface area contributed by atoms with Crippen molar-refractivity contribution < 1.29 is 38.2 Å². The van der Waals surface area contributed by atoms with Gasteiger partial charge in [-0.15, -0.1) is 0 Å². The van der Waals surface area contributed by atoms with Gasteiger partial charge in [0.25, 0.3) is 0 Å². The van der Waals surface area contributed by atoms with Crippen LogP contribution >= 0.6 is 0 Å². The van der Waals surface area contributed by atoms with Crippen LogP contribution in [0.1, 0.15) is 94.4 Å². The van der Waals surface area contributed by atoms with Gasteiger partial charge in [-0.05, 0) is 88.0 Å². The van der Waals surface area contributed by atoms with Crippen LogP contribution in [0.25, 0.3) is 0 Å².